The fraction of sp³-hybridized carbons (Fsp3) is 0.188. The Morgan fingerprint density at radius 3 is 2.21 bits per heavy atom. The van der Waals surface area contributed by atoms with Gasteiger partial charge in [-0.1, -0.05) is 6.07 Å². The Labute approximate surface area is 113 Å². The highest BCUT2D eigenvalue weighted by Gasteiger charge is 2.07. The maximum absolute atomic E-state index is 9.10. The molecule has 0 radical (unpaired) electrons. The van der Waals surface area contributed by atoms with Crippen LogP contribution in [0.15, 0.2) is 36.4 Å². The van der Waals surface area contributed by atoms with Crippen LogP contribution >= 0.6 is 0 Å². The second-order valence-electron chi connectivity index (χ2n) is 4.40. The molecule has 0 aromatic heterocycles. The van der Waals surface area contributed by atoms with E-state index in [-0.39, 0.29) is 0 Å². The third kappa shape index (κ3) is 3.05. The van der Waals surface area contributed by atoms with Crippen LogP contribution in [0.1, 0.15) is 16.7 Å². The molecular formula is C16H15NO2. The molecule has 0 spiro atoms. The molecule has 0 amide bonds. The molecule has 0 N–H and O–H groups in total. The number of rotatable bonds is 3. The zero-order valence-electron chi connectivity index (χ0n) is 11.2. The van der Waals surface area contributed by atoms with Gasteiger partial charge in [0.15, 0.2) is 0 Å². The van der Waals surface area contributed by atoms with Crippen LogP contribution in [0.3, 0.4) is 0 Å². The first-order valence-corrected chi connectivity index (χ1v) is 5.96. The van der Waals surface area contributed by atoms with E-state index in [9.17, 15) is 0 Å². The van der Waals surface area contributed by atoms with Gasteiger partial charge in [0.1, 0.15) is 23.3 Å². The lowest BCUT2D eigenvalue weighted by Gasteiger charge is -2.10. The van der Waals surface area contributed by atoms with Crippen LogP contribution < -0.4 is 9.47 Å². The van der Waals surface area contributed by atoms with E-state index < -0.39 is 0 Å². The first-order valence-electron chi connectivity index (χ1n) is 5.96. The summed E-state index contributed by atoms with van der Waals surface area (Å²) in [6.45, 7) is 4.02. The van der Waals surface area contributed by atoms with E-state index in [0.717, 1.165) is 16.9 Å². The van der Waals surface area contributed by atoms with Crippen molar-refractivity contribution in [1.29, 1.82) is 5.26 Å². The van der Waals surface area contributed by atoms with Crippen molar-refractivity contribution >= 4 is 0 Å². The Morgan fingerprint density at radius 1 is 0.947 bits per heavy atom. The highest BCUT2D eigenvalue weighted by atomic mass is 16.5. The normalized spacial score (nSPS) is 9.79. The molecule has 0 fully saturated rings. The van der Waals surface area contributed by atoms with Crippen molar-refractivity contribution in [2.75, 3.05) is 7.11 Å². The molecule has 0 aliphatic rings. The van der Waals surface area contributed by atoms with Gasteiger partial charge < -0.3 is 9.47 Å². The molecule has 0 unspecified atom stereocenters. The highest BCUT2D eigenvalue weighted by molar-refractivity contribution is 5.49. The molecular weight excluding hydrogens is 238 g/mol. The van der Waals surface area contributed by atoms with Crippen LogP contribution in [-0.2, 0) is 0 Å². The molecule has 0 aliphatic carbocycles. The summed E-state index contributed by atoms with van der Waals surface area (Å²) in [5.74, 6) is 1.90. The third-order valence-corrected chi connectivity index (χ3v) is 2.73. The quantitative estimate of drug-likeness (QED) is 0.831. The van der Waals surface area contributed by atoms with Crippen molar-refractivity contribution in [3.8, 4) is 23.3 Å². The number of benzene rings is 2. The monoisotopic (exact) mass is 253 g/mol. The van der Waals surface area contributed by atoms with E-state index >= 15 is 0 Å². The number of nitrogens with zero attached hydrogens (tertiary/aromatic N) is 1. The average Bonchev–Trinajstić information content (AvgIpc) is 2.37. The molecule has 0 heterocycles. The lowest BCUT2D eigenvalue weighted by atomic mass is 10.1. The molecule has 0 aliphatic heterocycles. The summed E-state index contributed by atoms with van der Waals surface area (Å²) in [5, 5.41) is 9.10. The smallest absolute Gasteiger partial charge is 0.148 e. The molecule has 3 heteroatoms. The summed E-state index contributed by atoms with van der Waals surface area (Å²) in [4.78, 5) is 0. The summed E-state index contributed by atoms with van der Waals surface area (Å²) in [5.41, 5.74) is 2.73. The molecule has 96 valence electrons. The summed E-state index contributed by atoms with van der Waals surface area (Å²) in [7, 11) is 1.59. The molecule has 0 saturated heterocycles. The summed E-state index contributed by atoms with van der Waals surface area (Å²) in [6, 6.07) is 13.2. The third-order valence-electron chi connectivity index (χ3n) is 2.73. The van der Waals surface area contributed by atoms with Gasteiger partial charge in [0.05, 0.1) is 12.7 Å². The topological polar surface area (TPSA) is 42.2 Å². The highest BCUT2D eigenvalue weighted by Crippen LogP contribution is 2.30. The Morgan fingerprint density at radius 2 is 1.63 bits per heavy atom. The van der Waals surface area contributed by atoms with Gasteiger partial charge in [-0.25, -0.2) is 0 Å². The molecule has 0 saturated carbocycles. The molecule has 0 bridgehead atoms. The van der Waals surface area contributed by atoms with Crippen molar-refractivity contribution in [3.05, 3.63) is 53.1 Å². The maximum Gasteiger partial charge on any atom is 0.148 e. The summed E-state index contributed by atoms with van der Waals surface area (Å²) < 4.78 is 11.0. The summed E-state index contributed by atoms with van der Waals surface area (Å²) >= 11 is 0. The van der Waals surface area contributed by atoms with Gasteiger partial charge in [-0.3, -0.25) is 0 Å². The molecule has 2 rings (SSSR count). The Hall–Kier alpha value is -2.47. The minimum atomic E-state index is 0.486. The predicted molar refractivity (Wildman–Crippen MR) is 73.7 cm³/mol. The Bertz CT molecular complexity index is 621. The first kappa shape index (κ1) is 13.0. The van der Waals surface area contributed by atoms with E-state index in [0.29, 0.717) is 17.1 Å². The molecule has 19 heavy (non-hydrogen) atoms. The Kier molecular flexibility index (Phi) is 3.72. The average molecular weight is 253 g/mol. The fourth-order valence-electron chi connectivity index (χ4n) is 1.93. The van der Waals surface area contributed by atoms with Gasteiger partial charge >= 0.3 is 0 Å². The zero-order chi connectivity index (χ0) is 13.8. The van der Waals surface area contributed by atoms with Crippen molar-refractivity contribution in [2.24, 2.45) is 0 Å². The minimum absolute atomic E-state index is 0.486. The van der Waals surface area contributed by atoms with E-state index in [1.807, 2.05) is 26.0 Å². The van der Waals surface area contributed by atoms with Gasteiger partial charge in [0.25, 0.3) is 0 Å². The van der Waals surface area contributed by atoms with E-state index in [2.05, 4.69) is 12.1 Å². The second-order valence-corrected chi connectivity index (χ2v) is 4.40. The predicted octanol–water partition coefficient (Wildman–Crippen LogP) is 3.98. The number of ether oxygens (including phenoxy) is 2. The molecule has 0 atom stereocenters. The SMILES string of the molecule is COc1ccc(C#N)c(Oc2cc(C)cc(C)c2)c1. The van der Waals surface area contributed by atoms with Crippen LogP contribution in [0, 0.1) is 25.2 Å². The zero-order valence-corrected chi connectivity index (χ0v) is 11.2. The van der Waals surface area contributed by atoms with Gasteiger partial charge in [0.2, 0.25) is 0 Å². The van der Waals surface area contributed by atoms with Crippen LogP contribution in [0.2, 0.25) is 0 Å². The molecule has 2 aromatic carbocycles. The maximum atomic E-state index is 9.10. The fourth-order valence-corrected chi connectivity index (χ4v) is 1.93. The van der Waals surface area contributed by atoms with Crippen molar-refractivity contribution in [1.82, 2.24) is 0 Å². The Balaban J connectivity index is 2.39. The lowest BCUT2D eigenvalue weighted by molar-refractivity contribution is 0.408. The molecule has 2 aromatic rings. The van der Waals surface area contributed by atoms with E-state index in [1.165, 1.54) is 0 Å². The van der Waals surface area contributed by atoms with Crippen LogP contribution in [-0.4, -0.2) is 7.11 Å². The van der Waals surface area contributed by atoms with Gasteiger partial charge in [-0.15, -0.1) is 0 Å². The largest absolute Gasteiger partial charge is 0.497 e. The standard InChI is InChI=1S/C16H15NO2/c1-11-6-12(2)8-15(7-11)19-16-9-14(18-3)5-4-13(16)10-17/h4-9H,1-3H3. The number of hydrogen-bond acceptors (Lipinski definition) is 3. The van der Waals surface area contributed by atoms with Gasteiger partial charge in [-0.2, -0.15) is 5.26 Å². The first-order chi connectivity index (χ1) is 9.12. The lowest BCUT2D eigenvalue weighted by Crippen LogP contribution is -1.91. The minimum Gasteiger partial charge on any atom is -0.497 e. The van der Waals surface area contributed by atoms with E-state index in [4.69, 9.17) is 14.7 Å². The summed E-state index contributed by atoms with van der Waals surface area (Å²) in [6.07, 6.45) is 0. The number of methoxy groups -OCH3 is 1. The van der Waals surface area contributed by atoms with Crippen LogP contribution in [0.25, 0.3) is 0 Å². The van der Waals surface area contributed by atoms with Gasteiger partial charge in [-0.05, 0) is 49.2 Å². The second kappa shape index (κ2) is 5.45. The molecule has 3 nitrogen and oxygen atoms in total. The number of nitriles is 1. The van der Waals surface area contributed by atoms with Crippen molar-refractivity contribution in [3.63, 3.8) is 0 Å². The van der Waals surface area contributed by atoms with E-state index in [1.54, 1.807) is 25.3 Å². The van der Waals surface area contributed by atoms with Crippen molar-refractivity contribution < 1.29 is 9.47 Å². The number of hydrogen-bond donors (Lipinski definition) is 0. The van der Waals surface area contributed by atoms with Gasteiger partial charge in [0, 0.05) is 6.07 Å². The number of aryl methyl sites for hydroxylation is 2. The van der Waals surface area contributed by atoms with Crippen LogP contribution in [0.4, 0.5) is 0 Å². The van der Waals surface area contributed by atoms with Crippen molar-refractivity contribution in [2.45, 2.75) is 13.8 Å². The van der Waals surface area contributed by atoms with Crippen LogP contribution in [0.5, 0.6) is 17.2 Å².